The van der Waals surface area contributed by atoms with E-state index in [1.54, 1.807) is 22.3 Å². The molecule has 0 radical (unpaired) electrons. The molecule has 0 amide bonds. The van der Waals surface area contributed by atoms with Gasteiger partial charge in [-0.1, -0.05) is 59.3 Å². The molecule has 0 aromatic carbocycles. The van der Waals surface area contributed by atoms with Crippen LogP contribution in [-0.2, 0) is 0 Å². The Hall–Kier alpha value is -0.780. The first-order chi connectivity index (χ1) is 7.21. The van der Waals surface area contributed by atoms with E-state index >= 15 is 0 Å². The second kappa shape index (κ2) is 3.35. The standard InChI is InChI=1S/C16H24/c1-15(2,3)13-10-11-8-7-9-12(11)14(13)16(4,5)6/h8-9H,7,10H2,1-6H3. The highest BCUT2D eigenvalue weighted by Gasteiger charge is 2.37. The molecule has 0 N–H and O–H groups in total. The zero-order valence-corrected chi connectivity index (χ0v) is 11.6. The molecule has 0 aliphatic heterocycles. The summed E-state index contributed by atoms with van der Waals surface area (Å²) in [7, 11) is 0. The highest BCUT2D eigenvalue weighted by atomic mass is 14.4. The minimum atomic E-state index is 0.272. The van der Waals surface area contributed by atoms with E-state index in [1.807, 2.05) is 0 Å². The fourth-order valence-electron chi connectivity index (χ4n) is 2.93. The van der Waals surface area contributed by atoms with E-state index in [1.165, 1.54) is 6.42 Å². The second-order valence-electron chi connectivity index (χ2n) is 7.11. The van der Waals surface area contributed by atoms with Crippen LogP contribution < -0.4 is 0 Å². The van der Waals surface area contributed by atoms with Gasteiger partial charge >= 0.3 is 0 Å². The van der Waals surface area contributed by atoms with Crippen LogP contribution in [0.2, 0.25) is 0 Å². The van der Waals surface area contributed by atoms with Gasteiger partial charge in [-0.3, -0.25) is 0 Å². The highest BCUT2D eigenvalue weighted by molar-refractivity contribution is 5.62. The van der Waals surface area contributed by atoms with Crippen LogP contribution in [0.4, 0.5) is 0 Å². The number of rotatable bonds is 0. The summed E-state index contributed by atoms with van der Waals surface area (Å²) < 4.78 is 0. The van der Waals surface area contributed by atoms with E-state index in [0.29, 0.717) is 5.41 Å². The molecule has 0 unspecified atom stereocenters. The predicted molar refractivity (Wildman–Crippen MR) is 71.3 cm³/mol. The molecule has 0 fully saturated rings. The molecule has 0 aromatic rings. The van der Waals surface area contributed by atoms with E-state index in [0.717, 1.165) is 6.42 Å². The smallest absolute Gasteiger partial charge is 0.00527 e. The number of fused-ring (bicyclic) bond motifs is 1. The monoisotopic (exact) mass is 216 g/mol. The van der Waals surface area contributed by atoms with Gasteiger partial charge in [0, 0.05) is 0 Å². The van der Waals surface area contributed by atoms with Crippen molar-refractivity contribution in [1.82, 2.24) is 0 Å². The van der Waals surface area contributed by atoms with Crippen LogP contribution in [0.1, 0.15) is 54.4 Å². The first-order valence-electron chi connectivity index (χ1n) is 6.35. The molecule has 0 nitrogen and oxygen atoms in total. The molecule has 2 aliphatic rings. The van der Waals surface area contributed by atoms with Crippen LogP contribution in [0, 0.1) is 10.8 Å². The highest BCUT2D eigenvalue weighted by Crippen LogP contribution is 2.52. The molecular weight excluding hydrogens is 192 g/mol. The first-order valence-corrected chi connectivity index (χ1v) is 6.35. The van der Waals surface area contributed by atoms with Gasteiger partial charge in [0.15, 0.2) is 0 Å². The summed E-state index contributed by atoms with van der Waals surface area (Å²) >= 11 is 0. The SMILES string of the molecule is CC(C)(C)C1=C(C(C)(C)C)C2=CCC=C2C1. The molecular formula is C16H24. The van der Waals surface area contributed by atoms with Gasteiger partial charge in [0.25, 0.3) is 0 Å². The van der Waals surface area contributed by atoms with Gasteiger partial charge in [0.05, 0.1) is 0 Å². The lowest BCUT2D eigenvalue weighted by molar-refractivity contribution is 0.452. The van der Waals surface area contributed by atoms with Crippen molar-refractivity contribution in [3.8, 4) is 0 Å². The molecule has 16 heavy (non-hydrogen) atoms. The van der Waals surface area contributed by atoms with Gasteiger partial charge in [-0.15, -0.1) is 0 Å². The Morgan fingerprint density at radius 2 is 1.50 bits per heavy atom. The fraction of sp³-hybridized carbons (Fsp3) is 0.625. The van der Waals surface area contributed by atoms with Gasteiger partial charge in [0.1, 0.15) is 0 Å². The summed E-state index contributed by atoms with van der Waals surface area (Å²) in [6.45, 7) is 14.1. The van der Waals surface area contributed by atoms with Crippen LogP contribution in [0.5, 0.6) is 0 Å². The van der Waals surface area contributed by atoms with Gasteiger partial charge in [0.2, 0.25) is 0 Å². The van der Waals surface area contributed by atoms with E-state index in [4.69, 9.17) is 0 Å². The molecule has 2 aliphatic carbocycles. The third-order valence-electron chi connectivity index (χ3n) is 3.63. The molecule has 0 saturated heterocycles. The lowest BCUT2D eigenvalue weighted by Gasteiger charge is -2.29. The Morgan fingerprint density at radius 3 is 2.00 bits per heavy atom. The van der Waals surface area contributed by atoms with Crippen molar-refractivity contribution in [1.29, 1.82) is 0 Å². The van der Waals surface area contributed by atoms with Crippen LogP contribution >= 0.6 is 0 Å². The molecule has 88 valence electrons. The third kappa shape index (κ3) is 1.79. The zero-order chi connectivity index (χ0) is 12.1. The van der Waals surface area contributed by atoms with Crippen LogP contribution in [-0.4, -0.2) is 0 Å². The third-order valence-corrected chi connectivity index (χ3v) is 3.63. The molecule has 0 spiro atoms. The molecule has 0 bridgehead atoms. The average Bonchev–Trinajstić information content (AvgIpc) is 2.53. The maximum Gasteiger partial charge on any atom is -0.00527 e. The van der Waals surface area contributed by atoms with Gasteiger partial charge in [-0.25, -0.2) is 0 Å². The van der Waals surface area contributed by atoms with Crippen molar-refractivity contribution in [3.05, 3.63) is 34.4 Å². The maximum atomic E-state index is 2.41. The normalized spacial score (nSPS) is 21.1. The fourth-order valence-corrected chi connectivity index (χ4v) is 2.93. The number of allylic oxidation sites excluding steroid dienone is 6. The van der Waals surface area contributed by atoms with Crippen molar-refractivity contribution in [2.24, 2.45) is 10.8 Å². The van der Waals surface area contributed by atoms with Crippen molar-refractivity contribution < 1.29 is 0 Å². The number of hydrogen-bond acceptors (Lipinski definition) is 0. The van der Waals surface area contributed by atoms with Crippen molar-refractivity contribution in [2.75, 3.05) is 0 Å². The summed E-state index contributed by atoms with van der Waals surface area (Å²) in [5.41, 5.74) is 6.97. The van der Waals surface area contributed by atoms with Gasteiger partial charge in [-0.2, -0.15) is 0 Å². The maximum absolute atomic E-state index is 2.41. The average molecular weight is 216 g/mol. The lowest BCUT2D eigenvalue weighted by atomic mass is 9.75. The van der Waals surface area contributed by atoms with Crippen molar-refractivity contribution in [3.63, 3.8) is 0 Å². The van der Waals surface area contributed by atoms with Crippen LogP contribution in [0.15, 0.2) is 34.4 Å². The van der Waals surface area contributed by atoms with E-state index in [2.05, 4.69) is 53.7 Å². The predicted octanol–water partition coefficient (Wildman–Crippen LogP) is 5.04. The lowest BCUT2D eigenvalue weighted by Crippen LogP contribution is -2.17. The van der Waals surface area contributed by atoms with Gasteiger partial charge < -0.3 is 0 Å². The second-order valence-corrected chi connectivity index (χ2v) is 7.11. The van der Waals surface area contributed by atoms with Crippen molar-refractivity contribution >= 4 is 0 Å². The Bertz CT molecular complexity index is 400. The Kier molecular flexibility index (Phi) is 2.45. The quantitative estimate of drug-likeness (QED) is 0.532. The first kappa shape index (κ1) is 11.7. The minimum Gasteiger partial charge on any atom is -0.0766 e. The summed E-state index contributed by atoms with van der Waals surface area (Å²) in [6, 6.07) is 0. The minimum absolute atomic E-state index is 0.272. The molecule has 0 atom stereocenters. The summed E-state index contributed by atoms with van der Waals surface area (Å²) in [4.78, 5) is 0. The Labute approximate surface area is 100 Å². The number of hydrogen-bond donors (Lipinski definition) is 0. The Balaban J connectivity index is 2.57. The molecule has 0 aromatic heterocycles. The van der Waals surface area contributed by atoms with E-state index < -0.39 is 0 Å². The Morgan fingerprint density at radius 1 is 0.875 bits per heavy atom. The molecule has 0 saturated carbocycles. The molecule has 0 heterocycles. The largest absolute Gasteiger partial charge is 0.0766 e. The van der Waals surface area contributed by atoms with Gasteiger partial charge in [-0.05, 0) is 40.4 Å². The van der Waals surface area contributed by atoms with E-state index in [9.17, 15) is 0 Å². The summed E-state index contributed by atoms with van der Waals surface area (Å²) in [5.74, 6) is 0. The molecule has 0 heteroatoms. The molecule has 2 rings (SSSR count). The van der Waals surface area contributed by atoms with Crippen LogP contribution in [0.25, 0.3) is 0 Å². The topological polar surface area (TPSA) is 0 Å². The summed E-state index contributed by atoms with van der Waals surface area (Å²) in [6.07, 6.45) is 7.14. The van der Waals surface area contributed by atoms with E-state index in [-0.39, 0.29) is 5.41 Å². The summed E-state index contributed by atoms with van der Waals surface area (Å²) in [5, 5.41) is 0. The zero-order valence-electron chi connectivity index (χ0n) is 11.6. The van der Waals surface area contributed by atoms with Crippen molar-refractivity contribution in [2.45, 2.75) is 54.4 Å². The van der Waals surface area contributed by atoms with Crippen LogP contribution in [0.3, 0.4) is 0 Å².